The molecule has 0 atom stereocenters. The Balaban J connectivity index is 0.0000000901. The molecule has 150 heavy (non-hydrogen) atoms. The maximum atomic E-state index is 6.43. The van der Waals surface area contributed by atoms with Gasteiger partial charge < -0.3 is 22.5 Å². The topological polar surface area (TPSA) is 119 Å². The molecule has 11 aromatic heterocycles. The third-order valence-electron chi connectivity index (χ3n) is 30.8. The molecular formula is C136H83N11O2S. The second kappa shape index (κ2) is 33.9. The molecule has 14 heteroatoms. The van der Waals surface area contributed by atoms with E-state index in [0.717, 1.165) is 78.0 Å². The number of imidazole rings is 2. The Labute approximate surface area is 864 Å². The van der Waals surface area contributed by atoms with Crippen LogP contribution in [0.1, 0.15) is 11.1 Å². The molecule has 34 rings (SSSR count). The quantitative estimate of drug-likeness (QED) is 0.172. The molecule has 0 unspecified atom stereocenters. The number of rotatable bonds is 4. The van der Waals surface area contributed by atoms with Gasteiger partial charge in [0.05, 0.1) is 60.6 Å². The fourth-order valence-corrected chi connectivity index (χ4v) is 25.3. The summed E-state index contributed by atoms with van der Waals surface area (Å²) in [7, 11) is 0. The predicted molar refractivity (Wildman–Crippen MR) is 611 cm³/mol. The van der Waals surface area contributed by atoms with Crippen LogP contribution in [0.5, 0.6) is 0 Å². The first-order valence-electron chi connectivity index (χ1n) is 50.7. The van der Waals surface area contributed by atoms with Gasteiger partial charge in [-0.3, -0.25) is 13.4 Å². The standard InChI is InChI=1S/C35H21N3O.C35H21N3S.C33H21N3.C33H20N2O/c2*1-2-11-23-22(10-1)24-12-3-5-14-26(24)28-20-37(21-29(28)27-15-6-4-13-25(23)27)32-18-9-19-33-34(32)39-35-36-30-16-7-8-17-31(30)38(33)35;1-2-10-23-21(9-1)17-22-18-34-33(35-32(22)23)36-19-30-28-15-7-5-13-26(28)24-11-3-4-12-25(24)27-14-6-8-16-29(27)31(30)20-36;1-2-10-22-21(9-1)23-11-3-5-13-25(23)29-19-35(20-30(29)26-14-6-4-12-24(22)26)31-17-7-15-27-28-16-8-18-34-33(28)36-32(27)31/h2*1-21H;1-16,18-20H,17H2;1-20H. The number of benzene rings is 18. The van der Waals surface area contributed by atoms with Gasteiger partial charge in [0, 0.05) is 135 Å². The molecule has 5 aliphatic rings. The molecule has 0 aliphatic heterocycles. The lowest BCUT2D eigenvalue weighted by atomic mass is 9.82. The fraction of sp³-hybridized carbons (Fsp3) is 0.00735. The van der Waals surface area contributed by atoms with Gasteiger partial charge in [0.25, 0.3) is 0 Å². The molecule has 13 nitrogen and oxygen atoms in total. The lowest BCUT2D eigenvalue weighted by Crippen LogP contribution is -2.00. The zero-order valence-electron chi connectivity index (χ0n) is 80.6. The van der Waals surface area contributed by atoms with Crippen molar-refractivity contribution in [3.63, 3.8) is 0 Å². The molecule has 29 aromatic rings. The zero-order chi connectivity index (χ0) is 98.3. The third-order valence-corrected chi connectivity index (χ3v) is 31.9. The van der Waals surface area contributed by atoms with Crippen molar-refractivity contribution in [2.75, 3.05) is 0 Å². The van der Waals surface area contributed by atoms with E-state index in [4.69, 9.17) is 28.8 Å². The average Bonchev–Trinajstić information content (AvgIpc) is 1.56. The largest absolute Gasteiger partial charge is 0.435 e. The number of nitrogens with zero attached hydrogens (tertiary/aromatic N) is 11. The van der Waals surface area contributed by atoms with Crippen molar-refractivity contribution in [1.82, 2.24) is 52.0 Å². The average molecular weight is 1940 g/mol. The number of furan rings is 1. The summed E-state index contributed by atoms with van der Waals surface area (Å²) < 4.78 is 27.2. The van der Waals surface area contributed by atoms with E-state index in [1.807, 2.05) is 30.5 Å². The van der Waals surface area contributed by atoms with Crippen molar-refractivity contribution >= 4 is 87.6 Å². The number of hydrogen-bond donors (Lipinski definition) is 0. The molecule has 0 saturated carbocycles. The first-order chi connectivity index (χ1) is 74.4. The summed E-state index contributed by atoms with van der Waals surface area (Å²) in [6.07, 6.45) is 22.7. The van der Waals surface area contributed by atoms with Crippen molar-refractivity contribution in [3.8, 4) is 212 Å². The molecular weight excluding hydrogens is 1850 g/mol. The Morgan fingerprint density at radius 1 is 0.213 bits per heavy atom. The minimum absolute atomic E-state index is 0.607. The molecule has 0 amide bonds. The highest BCUT2D eigenvalue weighted by molar-refractivity contribution is 7.24. The molecule has 0 spiro atoms. The van der Waals surface area contributed by atoms with E-state index >= 15 is 0 Å². The van der Waals surface area contributed by atoms with E-state index in [9.17, 15) is 0 Å². The van der Waals surface area contributed by atoms with Gasteiger partial charge in [-0.25, -0.2) is 19.9 Å². The first-order valence-corrected chi connectivity index (χ1v) is 51.6. The van der Waals surface area contributed by atoms with Crippen molar-refractivity contribution in [1.29, 1.82) is 0 Å². The van der Waals surface area contributed by atoms with Crippen LogP contribution in [-0.4, -0.2) is 52.0 Å². The first kappa shape index (κ1) is 84.6. The lowest BCUT2D eigenvalue weighted by molar-refractivity contribution is 0.640. The summed E-state index contributed by atoms with van der Waals surface area (Å²) in [6, 6.07) is 153. The van der Waals surface area contributed by atoms with Gasteiger partial charge in [0.2, 0.25) is 11.7 Å². The minimum Gasteiger partial charge on any atom is -0.435 e. The van der Waals surface area contributed by atoms with Crippen molar-refractivity contribution in [2.45, 2.75) is 6.42 Å². The Bertz CT molecular complexity index is 10000. The smallest absolute Gasteiger partial charge is 0.307 e. The summed E-state index contributed by atoms with van der Waals surface area (Å²) in [5.74, 6) is 1.31. The Kier molecular flexibility index (Phi) is 19.1. The van der Waals surface area contributed by atoms with Crippen LogP contribution in [0.4, 0.5) is 0 Å². The maximum absolute atomic E-state index is 6.43. The van der Waals surface area contributed by atoms with Crippen LogP contribution in [0.15, 0.2) is 502 Å². The molecule has 0 radical (unpaired) electrons. The Morgan fingerprint density at radius 3 is 0.927 bits per heavy atom. The summed E-state index contributed by atoms with van der Waals surface area (Å²) in [6.45, 7) is 0. The Morgan fingerprint density at radius 2 is 0.520 bits per heavy atom. The number of fused-ring (bicyclic) bond motifs is 48. The predicted octanol–water partition coefficient (Wildman–Crippen LogP) is 35.1. The number of oxazole rings is 1. The van der Waals surface area contributed by atoms with Gasteiger partial charge >= 0.3 is 5.84 Å². The Hall–Kier alpha value is -19.9. The molecule has 0 fully saturated rings. The zero-order valence-corrected chi connectivity index (χ0v) is 81.4. The number of pyridine rings is 1. The highest BCUT2D eigenvalue weighted by Crippen LogP contribution is 2.56. The molecule has 0 bridgehead atoms. The van der Waals surface area contributed by atoms with E-state index < -0.39 is 0 Å². The van der Waals surface area contributed by atoms with Crippen LogP contribution in [-0.2, 0) is 6.42 Å². The SMILES string of the molecule is c1ccc2c(c1)-c1ccccc1-c1cn(-c3cccc4c3oc3nc5ccccc5n34)cc1-c1ccccc1-2.c1ccc2c(c1)-c1ccccc1-c1cn(-c3cccc4c3oc3ncccc34)cc1-c1ccccc1-2.c1ccc2c(c1)-c1ccccc1-c1cn(-c3cccc4c3sc3nc5ccccc5n34)cc1-c1ccccc1-2.c1ccc2c(c1)Cc1cnc(-n3cc4c(c3)-c3ccccc3-c3ccccc3-c3ccccc3-4)nc1-2. The summed E-state index contributed by atoms with van der Waals surface area (Å²) >= 11 is 1.76. The lowest BCUT2D eigenvalue weighted by Gasteiger charge is -2.20. The third kappa shape index (κ3) is 13.2. The summed E-state index contributed by atoms with van der Waals surface area (Å²) in [4.78, 5) is 25.0. The number of hydrogen-bond acceptors (Lipinski definition) is 8. The van der Waals surface area contributed by atoms with Crippen LogP contribution >= 0.6 is 11.3 Å². The number of thiazole rings is 1. The maximum Gasteiger partial charge on any atom is 0.307 e. The summed E-state index contributed by atoms with van der Waals surface area (Å²) in [5, 5.41) is 2.11. The second-order valence-electron chi connectivity index (χ2n) is 38.9. The van der Waals surface area contributed by atoms with Crippen molar-refractivity contribution in [3.05, 3.63) is 504 Å². The van der Waals surface area contributed by atoms with E-state index in [-0.39, 0.29) is 0 Å². The van der Waals surface area contributed by atoms with E-state index in [1.54, 1.807) is 17.5 Å². The van der Waals surface area contributed by atoms with E-state index in [1.165, 1.54) is 211 Å². The monoisotopic (exact) mass is 1930 g/mol. The minimum atomic E-state index is 0.607. The van der Waals surface area contributed by atoms with Crippen LogP contribution < -0.4 is 0 Å². The van der Waals surface area contributed by atoms with E-state index in [2.05, 4.69) is 488 Å². The van der Waals surface area contributed by atoms with Gasteiger partial charge in [-0.05, 0) is 206 Å². The summed E-state index contributed by atoms with van der Waals surface area (Å²) in [5.41, 5.74) is 56.2. The molecule has 11 heterocycles. The molecule has 0 N–H and O–H groups in total. The van der Waals surface area contributed by atoms with Crippen LogP contribution in [0.25, 0.3) is 289 Å². The van der Waals surface area contributed by atoms with Crippen molar-refractivity contribution < 1.29 is 8.83 Å². The highest BCUT2D eigenvalue weighted by atomic mass is 32.1. The highest BCUT2D eigenvalue weighted by Gasteiger charge is 2.33. The molecule has 700 valence electrons. The molecule has 5 aliphatic carbocycles. The van der Waals surface area contributed by atoms with Crippen molar-refractivity contribution in [2.24, 2.45) is 0 Å². The van der Waals surface area contributed by atoms with Gasteiger partial charge in [-0.1, -0.05) is 375 Å². The van der Waals surface area contributed by atoms with Gasteiger partial charge in [-0.2, -0.15) is 4.98 Å². The molecule has 18 aromatic carbocycles. The van der Waals surface area contributed by atoms with Gasteiger partial charge in [-0.15, -0.1) is 0 Å². The number of para-hydroxylation sites is 6. The van der Waals surface area contributed by atoms with Crippen LogP contribution in [0.3, 0.4) is 0 Å². The van der Waals surface area contributed by atoms with Crippen LogP contribution in [0.2, 0.25) is 0 Å². The number of aromatic nitrogens is 11. The van der Waals surface area contributed by atoms with Gasteiger partial charge in [0.15, 0.2) is 16.1 Å². The van der Waals surface area contributed by atoms with Gasteiger partial charge in [0.1, 0.15) is 0 Å². The normalized spacial score (nSPS) is 12.1. The fourth-order valence-electron chi connectivity index (χ4n) is 24.1. The molecule has 0 saturated heterocycles. The van der Waals surface area contributed by atoms with E-state index in [0.29, 0.717) is 17.5 Å². The van der Waals surface area contributed by atoms with Crippen LogP contribution in [0, 0.1) is 0 Å². The second-order valence-corrected chi connectivity index (χ2v) is 39.9.